The van der Waals surface area contributed by atoms with Gasteiger partial charge in [-0.05, 0) is 43.9 Å². The average molecular weight is 319 g/mol. The molecule has 6 nitrogen and oxygen atoms in total. The normalized spacial score (nSPS) is 34.5. The summed E-state index contributed by atoms with van der Waals surface area (Å²) in [6.07, 6.45) is 1.70. The van der Waals surface area contributed by atoms with Gasteiger partial charge in [-0.2, -0.15) is 0 Å². The van der Waals surface area contributed by atoms with Crippen molar-refractivity contribution in [2.45, 2.75) is 39.2 Å². The van der Waals surface area contributed by atoms with Crippen LogP contribution in [0.3, 0.4) is 0 Å². The quantitative estimate of drug-likeness (QED) is 0.740. The number of ketones is 1. The summed E-state index contributed by atoms with van der Waals surface area (Å²) in [6, 6.07) is 0. The molecule has 6 heteroatoms. The monoisotopic (exact) mass is 319 g/mol. The molecule has 1 aliphatic heterocycles. The van der Waals surface area contributed by atoms with Crippen LogP contribution in [-0.4, -0.2) is 53.1 Å². The van der Waals surface area contributed by atoms with E-state index in [-0.39, 0.29) is 24.3 Å². The van der Waals surface area contributed by atoms with Crippen molar-refractivity contribution < 1.29 is 14.7 Å². The van der Waals surface area contributed by atoms with Gasteiger partial charge in [0.05, 0.1) is 12.6 Å². The molecule has 0 bridgehead atoms. The zero-order valence-electron chi connectivity index (χ0n) is 13.8. The Labute approximate surface area is 136 Å². The molecule has 1 heterocycles. The number of Topliss-reactive ketones (excluding diaryl/α,β-unsaturated/α-hetero) is 1. The summed E-state index contributed by atoms with van der Waals surface area (Å²) in [5.41, 5.74) is 8.23. The second-order valence-corrected chi connectivity index (χ2v) is 7.07. The van der Waals surface area contributed by atoms with Gasteiger partial charge in [-0.15, -0.1) is 0 Å². The van der Waals surface area contributed by atoms with Crippen molar-refractivity contribution in [2.24, 2.45) is 28.5 Å². The Morgan fingerprint density at radius 2 is 2.00 bits per heavy atom. The summed E-state index contributed by atoms with van der Waals surface area (Å²) in [5.74, 6) is 1.24. The van der Waals surface area contributed by atoms with E-state index in [1.807, 2.05) is 0 Å². The van der Waals surface area contributed by atoms with Crippen molar-refractivity contribution in [1.29, 1.82) is 0 Å². The zero-order valence-corrected chi connectivity index (χ0v) is 13.8. The largest absolute Gasteiger partial charge is 0.394 e. The van der Waals surface area contributed by atoms with E-state index in [4.69, 9.17) is 5.73 Å². The maximum Gasteiger partial charge on any atom is 0.270 e. The minimum absolute atomic E-state index is 0.0142. The van der Waals surface area contributed by atoms with Crippen LogP contribution in [0.15, 0.2) is 16.3 Å². The smallest absolute Gasteiger partial charge is 0.270 e. The van der Waals surface area contributed by atoms with E-state index in [2.05, 4.69) is 11.9 Å². The average Bonchev–Trinajstić information content (AvgIpc) is 2.97. The molecular formula is C17H25N3O3. The Morgan fingerprint density at radius 1 is 1.35 bits per heavy atom. The lowest BCUT2D eigenvalue weighted by Crippen LogP contribution is -2.42. The molecule has 3 fully saturated rings. The molecule has 0 radical (unpaired) electrons. The van der Waals surface area contributed by atoms with E-state index in [0.717, 1.165) is 17.7 Å². The predicted molar refractivity (Wildman–Crippen MR) is 86.8 cm³/mol. The van der Waals surface area contributed by atoms with Crippen molar-refractivity contribution in [3.8, 4) is 0 Å². The molecular weight excluding hydrogens is 294 g/mol. The summed E-state index contributed by atoms with van der Waals surface area (Å²) in [6.45, 7) is 4.92. The summed E-state index contributed by atoms with van der Waals surface area (Å²) < 4.78 is 0. The van der Waals surface area contributed by atoms with Crippen LogP contribution in [0.1, 0.15) is 33.1 Å². The fraction of sp³-hybridized carbons (Fsp3) is 0.706. The lowest BCUT2D eigenvalue weighted by Gasteiger charge is -2.30. The molecule has 2 saturated carbocycles. The van der Waals surface area contributed by atoms with Crippen molar-refractivity contribution in [3.63, 3.8) is 0 Å². The molecule has 3 aliphatic rings. The van der Waals surface area contributed by atoms with E-state index < -0.39 is 0 Å². The number of aliphatic hydroxyl groups is 1. The van der Waals surface area contributed by atoms with E-state index >= 15 is 0 Å². The highest BCUT2D eigenvalue weighted by Gasteiger charge is 2.56. The van der Waals surface area contributed by atoms with Crippen molar-refractivity contribution in [1.82, 2.24) is 4.90 Å². The number of carbonyl (C=O) groups excluding carboxylic acids is 2. The van der Waals surface area contributed by atoms with E-state index in [1.165, 1.54) is 6.92 Å². The highest BCUT2D eigenvalue weighted by Crippen LogP contribution is 2.59. The van der Waals surface area contributed by atoms with Gasteiger partial charge >= 0.3 is 0 Å². The molecule has 3 atom stereocenters. The Morgan fingerprint density at radius 3 is 2.61 bits per heavy atom. The van der Waals surface area contributed by atoms with Gasteiger partial charge in [-0.3, -0.25) is 14.6 Å². The molecule has 0 spiro atoms. The number of allylic oxidation sites excluding steroid dienone is 1. The maximum atomic E-state index is 12.7. The lowest BCUT2D eigenvalue weighted by atomic mass is 10.0. The molecule has 23 heavy (non-hydrogen) atoms. The first-order valence-electron chi connectivity index (χ1n) is 8.40. The minimum Gasteiger partial charge on any atom is -0.394 e. The van der Waals surface area contributed by atoms with Gasteiger partial charge in [0, 0.05) is 24.4 Å². The number of rotatable bonds is 3. The van der Waals surface area contributed by atoms with Crippen LogP contribution < -0.4 is 5.73 Å². The van der Waals surface area contributed by atoms with Gasteiger partial charge in [0.1, 0.15) is 5.70 Å². The summed E-state index contributed by atoms with van der Waals surface area (Å²) in [5, 5.41) is 9.57. The van der Waals surface area contributed by atoms with Gasteiger partial charge in [0.25, 0.3) is 5.91 Å². The summed E-state index contributed by atoms with van der Waals surface area (Å²) >= 11 is 0. The number of carbonyl (C=O) groups is 2. The van der Waals surface area contributed by atoms with Crippen LogP contribution in [0.25, 0.3) is 0 Å². The predicted octanol–water partition coefficient (Wildman–Crippen LogP) is 0.498. The molecule has 1 amide bonds. The number of fused-ring (bicyclic) bond motifs is 1. The Kier molecular flexibility index (Phi) is 4.27. The fourth-order valence-corrected chi connectivity index (χ4v) is 3.91. The molecule has 3 N–H and O–H groups in total. The van der Waals surface area contributed by atoms with E-state index in [1.54, 1.807) is 4.90 Å². The third-order valence-electron chi connectivity index (χ3n) is 5.40. The molecule has 0 aromatic rings. The Hall–Kier alpha value is -1.69. The Bertz CT molecular complexity index is 588. The number of aliphatic imine (C=N–C) groups is 1. The number of amides is 1. The van der Waals surface area contributed by atoms with Gasteiger partial charge in [-0.1, -0.05) is 6.92 Å². The first-order chi connectivity index (χ1) is 10.9. The zero-order chi connectivity index (χ0) is 16.7. The van der Waals surface area contributed by atoms with E-state index in [0.29, 0.717) is 49.4 Å². The molecule has 2 unspecified atom stereocenters. The van der Waals surface area contributed by atoms with Crippen LogP contribution in [0, 0.1) is 17.8 Å². The van der Waals surface area contributed by atoms with Crippen molar-refractivity contribution in [2.75, 3.05) is 19.6 Å². The number of nitrogens with two attached hydrogens (primary N) is 1. The number of nitrogens with zero attached hydrogens (tertiary/aromatic N) is 2. The second kappa shape index (κ2) is 6.07. The topological polar surface area (TPSA) is 96.0 Å². The first kappa shape index (κ1) is 16.2. The third-order valence-corrected chi connectivity index (χ3v) is 5.40. The second-order valence-electron chi connectivity index (χ2n) is 7.07. The van der Waals surface area contributed by atoms with Gasteiger partial charge in [0.15, 0.2) is 5.78 Å². The molecule has 2 aliphatic carbocycles. The maximum absolute atomic E-state index is 12.7. The number of aliphatic hydroxyl groups excluding tert-OH is 1. The lowest BCUT2D eigenvalue weighted by molar-refractivity contribution is -0.129. The summed E-state index contributed by atoms with van der Waals surface area (Å²) in [4.78, 5) is 30.0. The number of piperidine rings is 1. The van der Waals surface area contributed by atoms with Crippen LogP contribution in [0.4, 0.5) is 0 Å². The standard InChI is InChI=1S/C17H25N3O3/c1-9(21)8-19-13-7-12-10(2)14(12)15(13)16(18)17(23)20-5-3-11(22)4-6-20/h10-12,14,22H,3-8,18H2,1-2H3/b16-15+,19-13?/t10-,12?,14?/m1/s1. The van der Waals surface area contributed by atoms with Crippen LogP contribution in [-0.2, 0) is 9.59 Å². The van der Waals surface area contributed by atoms with Gasteiger partial charge < -0.3 is 15.7 Å². The SMILES string of the molecule is CC(=O)CN=C1CC2C(/C1=C(/N)C(=O)N1CCC(O)CC1)[C@@H]2C. The molecule has 1 saturated heterocycles. The first-order valence-corrected chi connectivity index (χ1v) is 8.40. The highest BCUT2D eigenvalue weighted by atomic mass is 16.3. The minimum atomic E-state index is -0.320. The number of hydrogen-bond donors (Lipinski definition) is 2. The molecule has 126 valence electrons. The molecule has 0 aromatic carbocycles. The van der Waals surface area contributed by atoms with Gasteiger partial charge in [0.2, 0.25) is 0 Å². The van der Waals surface area contributed by atoms with Crippen LogP contribution in [0.5, 0.6) is 0 Å². The van der Waals surface area contributed by atoms with Crippen LogP contribution >= 0.6 is 0 Å². The van der Waals surface area contributed by atoms with Crippen molar-refractivity contribution >= 4 is 17.4 Å². The van der Waals surface area contributed by atoms with Crippen molar-refractivity contribution in [3.05, 3.63) is 11.3 Å². The Balaban J connectivity index is 1.82. The highest BCUT2D eigenvalue weighted by molar-refractivity contribution is 6.11. The fourth-order valence-electron chi connectivity index (χ4n) is 3.91. The molecule has 0 aromatic heterocycles. The number of likely N-dealkylation sites (tertiary alicyclic amines) is 1. The van der Waals surface area contributed by atoms with Crippen LogP contribution in [0.2, 0.25) is 0 Å². The van der Waals surface area contributed by atoms with E-state index in [9.17, 15) is 14.7 Å². The van der Waals surface area contributed by atoms with Gasteiger partial charge in [-0.25, -0.2) is 0 Å². The number of hydrogen-bond acceptors (Lipinski definition) is 5. The molecule has 3 rings (SSSR count). The third kappa shape index (κ3) is 3.04. The summed E-state index contributed by atoms with van der Waals surface area (Å²) in [7, 11) is 0.